The summed E-state index contributed by atoms with van der Waals surface area (Å²) in [5, 5.41) is 24.8. The van der Waals surface area contributed by atoms with Gasteiger partial charge < -0.3 is 25.0 Å². The number of hydrogen-bond donors (Lipinski definition) is 3. The van der Waals surface area contributed by atoms with Gasteiger partial charge in [-0.25, -0.2) is 4.39 Å². The van der Waals surface area contributed by atoms with Gasteiger partial charge in [-0.3, -0.25) is 4.79 Å². The lowest BCUT2D eigenvalue weighted by Gasteiger charge is -2.39. The van der Waals surface area contributed by atoms with Gasteiger partial charge in [0.05, 0.1) is 23.9 Å². The molecule has 1 aromatic carbocycles. The minimum absolute atomic E-state index is 0.0136. The first-order valence-electron chi connectivity index (χ1n) is 13.8. The van der Waals surface area contributed by atoms with Crippen molar-refractivity contribution in [3.8, 4) is 5.75 Å². The molecule has 0 radical (unpaired) electrons. The topological polar surface area (TPSA) is 88.0 Å². The molecule has 1 aliphatic carbocycles. The van der Waals surface area contributed by atoms with Gasteiger partial charge in [-0.05, 0) is 90.3 Å². The molecule has 0 heterocycles. The smallest absolute Gasteiger partial charge is 0.306 e. The van der Waals surface area contributed by atoms with E-state index in [0.717, 1.165) is 44.9 Å². The molecule has 206 valence electrons. The second kappa shape index (κ2) is 14.9. The highest BCUT2D eigenvalue weighted by atomic mass is 19.1. The van der Waals surface area contributed by atoms with E-state index >= 15 is 0 Å². The molecule has 1 fully saturated rings. The van der Waals surface area contributed by atoms with Crippen molar-refractivity contribution in [2.24, 2.45) is 11.8 Å². The van der Waals surface area contributed by atoms with Crippen LogP contribution in [0.3, 0.4) is 0 Å². The number of unbranched alkanes of at least 4 members (excludes halogenated alkanes) is 3. The molecular formula is C29H48FNO5. The zero-order chi connectivity index (χ0) is 26.7. The van der Waals surface area contributed by atoms with E-state index in [-0.39, 0.29) is 41.6 Å². The van der Waals surface area contributed by atoms with E-state index in [1.165, 1.54) is 6.07 Å². The van der Waals surface area contributed by atoms with Crippen LogP contribution in [0.15, 0.2) is 24.3 Å². The van der Waals surface area contributed by atoms with Crippen LogP contribution in [-0.2, 0) is 9.53 Å². The van der Waals surface area contributed by atoms with Gasteiger partial charge in [-0.1, -0.05) is 38.3 Å². The zero-order valence-corrected chi connectivity index (χ0v) is 22.8. The third kappa shape index (κ3) is 9.00. The number of hydrogen-bond acceptors (Lipinski definition) is 6. The fraction of sp³-hybridized carbons (Fsp3) is 0.759. The molecule has 6 atom stereocenters. The highest BCUT2D eigenvalue weighted by Crippen LogP contribution is 2.40. The quantitative estimate of drug-likeness (QED) is 0.205. The third-order valence-corrected chi connectivity index (χ3v) is 7.81. The number of esters is 1. The molecule has 0 aromatic heterocycles. The summed E-state index contributed by atoms with van der Waals surface area (Å²) < 4.78 is 25.5. The maximum Gasteiger partial charge on any atom is 0.306 e. The predicted molar refractivity (Wildman–Crippen MR) is 140 cm³/mol. The minimum atomic E-state index is -0.524. The molecule has 1 saturated carbocycles. The van der Waals surface area contributed by atoms with E-state index in [1.54, 1.807) is 18.2 Å². The normalized spacial score (nSPS) is 24.5. The van der Waals surface area contributed by atoms with Gasteiger partial charge in [0.15, 0.2) is 11.6 Å². The third-order valence-electron chi connectivity index (χ3n) is 7.81. The maximum absolute atomic E-state index is 14.2. The van der Waals surface area contributed by atoms with E-state index in [9.17, 15) is 19.4 Å². The Morgan fingerprint density at radius 3 is 2.36 bits per heavy atom. The number of aliphatic hydroxyl groups excluding tert-OH is 2. The first kappa shape index (κ1) is 30.5. The first-order chi connectivity index (χ1) is 17.1. The summed E-state index contributed by atoms with van der Waals surface area (Å²) in [5.41, 5.74) is -0.417. The van der Waals surface area contributed by atoms with Gasteiger partial charge in [0, 0.05) is 6.42 Å². The summed E-state index contributed by atoms with van der Waals surface area (Å²) in [6, 6.07) is 6.46. The van der Waals surface area contributed by atoms with Crippen LogP contribution in [0.1, 0.15) is 91.9 Å². The van der Waals surface area contributed by atoms with Crippen molar-refractivity contribution in [3.63, 3.8) is 0 Å². The Labute approximate surface area is 217 Å². The Morgan fingerprint density at radius 1 is 1.11 bits per heavy atom. The molecule has 3 N–H and O–H groups in total. The molecule has 0 bridgehead atoms. The lowest BCUT2D eigenvalue weighted by molar-refractivity contribution is -0.147. The van der Waals surface area contributed by atoms with Crippen LogP contribution >= 0.6 is 0 Å². The summed E-state index contributed by atoms with van der Waals surface area (Å²) in [5.74, 6) is -0.200. The second-order valence-electron chi connectivity index (χ2n) is 10.8. The minimum Gasteiger partial charge on any atom is -0.485 e. The Morgan fingerprint density at radius 2 is 1.75 bits per heavy atom. The van der Waals surface area contributed by atoms with Gasteiger partial charge in [0.2, 0.25) is 0 Å². The van der Waals surface area contributed by atoms with Crippen LogP contribution < -0.4 is 10.1 Å². The van der Waals surface area contributed by atoms with Crippen LogP contribution in [0.25, 0.3) is 0 Å². The average Bonchev–Trinajstić information content (AvgIpc) is 3.10. The van der Waals surface area contributed by atoms with E-state index in [0.29, 0.717) is 19.3 Å². The Bertz CT molecular complexity index is 791. The standard InChI is InChI=1S/C29H48FNO5/c1-6-27(36-26-15-12-11-14-23(26)30)29(4,31-5)18-17-22-21(24(32)19-25(22)33)13-9-7-8-10-16-28(34)35-20(2)3/h11-12,14-15,20-22,24-25,27,31-33H,6-10,13,16-19H2,1-5H3. The molecule has 1 aromatic rings. The lowest BCUT2D eigenvalue weighted by Crippen LogP contribution is -2.53. The van der Waals surface area contributed by atoms with Crippen LogP contribution in [0, 0.1) is 17.7 Å². The van der Waals surface area contributed by atoms with Crippen molar-refractivity contribution in [1.82, 2.24) is 5.32 Å². The Hall–Kier alpha value is -1.70. The van der Waals surface area contributed by atoms with Gasteiger partial charge in [-0.2, -0.15) is 0 Å². The molecular weight excluding hydrogens is 461 g/mol. The van der Waals surface area contributed by atoms with E-state index < -0.39 is 17.7 Å². The molecule has 6 unspecified atom stereocenters. The fourth-order valence-corrected chi connectivity index (χ4v) is 5.58. The maximum atomic E-state index is 14.2. The molecule has 2 rings (SSSR count). The molecule has 0 aliphatic heterocycles. The summed E-state index contributed by atoms with van der Waals surface area (Å²) in [6.07, 6.45) is 6.28. The average molecular weight is 510 g/mol. The number of likely N-dealkylation sites (N-methyl/N-ethyl adjacent to an activating group) is 1. The van der Waals surface area contributed by atoms with Gasteiger partial charge >= 0.3 is 5.97 Å². The Balaban J connectivity index is 1.88. The van der Waals surface area contributed by atoms with Gasteiger partial charge in [0.25, 0.3) is 0 Å². The number of rotatable bonds is 16. The van der Waals surface area contributed by atoms with Crippen molar-refractivity contribution >= 4 is 5.97 Å². The number of benzene rings is 1. The number of carbonyl (C=O) groups excluding carboxylic acids is 1. The number of nitrogens with one attached hydrogen (secondary N) is 1. The fourth-order valence-electron chi connectivity index (χ4n) is 5.58. The van der Waals surface area contributed by atoms with Crippen LogP contribution in [0.2, 0.25) is 0 Å². The number of carbonyl (C=O) groups is 1. The first-order valence-corrected chi connectivity index (χ1v) is 13.8. The molecule has 0 amide bonds. The Kier molecular flexibility index (Phi) is 12.6. The summed E-state index contributed by atoms with van der Waals surface area (Å²) in [6.45, 7) is 7.82. The highest BCUT2D eigenvalue weighted by Gasteiger charge is 2.43. The largest absolute Gasteiger partial charge is 0.485 e. The van der Waals surface area contributed by atoms with Gasteiger partial charge in [0.1, 0.15) is 6.10 Å². The van der Waals surface area contributed by atoms with Crippen molar-refractivity contribution in [2.45, 2.75) is 122 Å². The molecule has 6 nitrogen and oxygen atoms in total. The second-order valence-corrected chi connectivity index (χ2v) is 10.8. The molecule has 0 saturated heterocycles. The number of aliphatic hydroxyl groups is 2. The van der Waals surface area contributed by atoms with E-state index in [2.05, 4.69) is 12.2 Å². The van der Waals surface area contributed by atoms with Gasteiger partial charge in [-0.15, -0.1) is 0 Å². The molecule has 36 heavy (non-hydrogen) atoms. The predicted octanol–water partition coefficient (Wildman–Crippen LogP) is 5.39. The number of para-hydroxylation sites is 1. The zero-order valence-electron chi connectivity index (χ0n) is 22.8. The van der Waals surface area contributed by atoms with Crippen LogP contribution in [0.4, 0.5) is 4.39 Å². The monoisotopic (exact) mass is 509 g/mol. The SMILES string of the molecule is CCC(Oc1ccccc1F)C(C)(CCC1C(O)CC(O)C1CCCCCCC(=O)OC(C)C)NC. The van der Waals surface area contributed by atoms with Crippen molar-refractivity contribution < 1.29 is 28.9 Å². The molecule has 7 heteroatoms. The van der Waals surface area contributed by atoms with Crippen LogP contribution in [0.5, 0.6) is 5.75 Å². The summed E-state index contributed by atoms with van der Waals surface area (Å²) >= 11 is 0. The van der Waals surface area contributed by atoms with Crippen molar-refractivity contribution in [2.75, 3.05) is 7.05 Å². The van der Waals surface area contributed by atoms with Crippen LogP contribution in [-0.4, -0.2) is 53.2 Å². The molecule has 1 aliphatic rings. The van der Waals surface area contributed by atoms with E-state index in [4.69, 9.17) is 9.47 Å². The summed E-state index contributed by atoms with van der Waals surface area (Å²) in [7, 11) is 1.89. The summed E-state index contributed by atoms with van der Waals surface area (Å²) in [4.78, 5) is 11.7. The number of ether oxygens (including phenoxy) is 2. The van der Waals surface area contributed by atoms with Crippen molar-refractivity contribution in [1.29, 1.82) is 0 Å². The lowest BCUT2D eigenvalue weighted by atomic mass is 9.79. The highest BCUT2D eigenvalue weighted by molar-refractivity contribution is 5.69. The van der Waals surface area contributed by atoms with E-state index in [1.807, 2.05) is 27.8 Å². The number of halogens is 1. The molecule has 0 spiro atoms. The van der Waals surface area contributed by atoms with Crippen molar-refractivity contribution in [3.05, 3.63) is 30.1 Å².